The molecule has 4 heterocycles. The van der Waals surface area contributed by atoms with Gasteiger partial charge in [-0.25, -0.2) is 18.8 Å². The van der Waals surface area contributed by atoms with Crippen LogP contribution in [0.2, 0.25) is 0 Å². The summed E-state index contributed by atoms with van der Waals surface area (Å²) in [6.45, 7) is 0.734. The van der Waals surface area contributed by atoms with E-state index >= 15 is 4.39 Å². The van der Waals surface area contributed by atoms with E-state index in [2.05, 4.69) is 15.0 Å². The summed E-state index contributed by atoms with van der Waals surface area (Å²) in [5.74, 6) is -0.286. The number of nitrogens with zero attached hydrogens (tertiary/aromatic N) is 5. The number of rotatable bonds is 4. The standard InChI is InChI=1S/C26H21F4N6OP/c1-38(2)25-16(28)6-12(10-32-25)14-7-19-17(8-15(14)27)35-24-18-9-20(36(19)24)22-13(23(34-18)33-11-31)4-3-5-21(22)37-26(29)30/h3-8,10-11,18,20,26H,9H2,1-2H3,(H2,31,33,34). The van der Waals surface area contributed by atoms with E-state index in [1.54, 1.807) is 18.2 Å². The van der Waals surface area contributed by atoms with Gasteiger partial charge >= 0.3 is 6.61 Å². The molecule has 6 rings (SSSR count). The highest BCUT2D eigenvalue weighted by Gasteiger charge is 2.41. The molecule has 2 aliphatic rings. The van der Waals surface area contributed by atoms with E-state index in [1.165, 1.54) is 24.4 Å². The van der Waals surface area contributed by atoms with Crippen LogP contribution in [0.4, 0.5) is 17.6 Å². The number of alkyl halides is 2. The number of halogens is 4. The van der Waals surface area contributed by atoms with Crippen LogP contribution in [0.5, 0.6) is 5.75 Å². The number of nitrogens with two attached hydrogens (primary N) is 1. The summed E-state index contributed by atoms with van der Waals surface area (Å²) in [7, 11) is -0.769. The molecule has 7 nitrogen and oxygen atoms in total. The molecule has 12 heteroatoms. The normalized spacial score (nSPS) is 18.3. The Bertz CT molecular complexity index is 1650. The van der Waals surface area contributed by atoms with Crippen molar-refractivity contribution in [2.45, 2.75) is 25.1 Å². The van der Waals surface area contributed by atoms with E-state index in [-0.39, 0.29) is 22.7 Å². The summed E-state index contributed by atoms with van der Waals surface area (Å²) in [5, 5.41) is 0. The second kappa shape index (κ2) is 9.16. The zero-order valence-electron chi connectivity index (χ0n) is 20.2. The number of amidine groups is 1. The summed E-state index contributed by atoms with van der Waals surface area (Å²) in [4.78, 5) is 17.8. The van der Waals surface area contributed by atoms with Crippen LogP contribution in [0, 0.1) is 11.6 Å². The van der Waals surface area contributed by atoms with Gasteiger partial charge < -0.3 is 15.0 Å². The number of aliphatic imine (C=N–C) groups is 2. The Morgan fingerprint density at radius 1 is 1.16 bits per heavy atom. The average Bonchev–Trinajstić information content (AvgIpc) is 3.33. The van der Waals surface area contributed by atoms with Crippen molar-refractivity contribution in [1.29, 1.82) is 0 Å². The van der Waals surface area contributed by atoms with E-state index in [1.807, 2.05) is 17.9 Å². The maximum Gasteiger partial charge on any atom is 0.387 e. The summed E-state index contributed by atoms with van der Waals surface area (Å²) in [5.41, 5.74) is 8.23. The molecule has 2 aliphatic heterocycles. The predicted molar refractivity (Wildman–Crippen MR) is 139 cm³/mol. The molecule has 0 saturated carbocycles. The molecule has 2 bridgehead atoms. The first-order chi connectivity index (χ1) is 18.3. The van der Waals surface area contributed by atoms with Crippen LogP contribution in [-0.4, -0.2) is 46.7 Å². The van der Waals surface area contributed by atoms with E-state index in [4.69, 9.17) is 15.5 Å². The van der Waals surface area contributed by atoms with Crippen molar-refractivity contribution in [2.24, 2.45) is 15.7 Å². The lowest BCUT2D eigenvalue weighted by atomic mass is 9.96. The molecule has 0 radical (unpaired) electrons. The molecule has 0 spiro atoms. The molecule has 2 atom stereocenters. The minimum absolute atomic E-state index is 0.0161. The van der Waals surface area contributed by atoms with Gasteiger partial charge in [-0.3, -0.25) is 9.98 Å². The molecule has 2 unspecified atom stereocenters. The molecular formula is C26H21F4N6OP. The van der Waals surface area contributed by atoms with Crippen molar-refractivity contribution in [1.82, 2.24) is 14.5 Å². The van der Waals surface area contributed by atoms with Crippen molar-refractivity contribution in [3.05, 3.63) is 71.2 Å². The summed E-state index contributed by atoms with van der Waals surface area (Å²) in [6, 6.07) is 7.94. The highest BCUT2D eigenvalue weighted by Crippen LogP contribution is 2.49. The van der Waals surface area contributed by atoms with Crippen molar-refractivity contribution >= 4 is 36.6 Å². The zero-order valence-corrected chi connectivity index (χ0v) is 21.1. The molecule has 0 amide bonds. The number of aromatic nitrogens is 3. The Kier molecular flexibility index (Phi) is 5.90. The summed E-state index contributed by atoms with van der Waals surface area (Å²) >= 11 is 0. The number of fused-ring (bicyclic) bond motifs is 9. The first-order valence-electron chi connectivity index (χ1n) is 11.7. The topological polar surface area (TPSA) is 90.7 Å². The van der Waals surface area contributed by atoms with Gasteiger partial charge in [-0.15, -0.1) is 0 Å². The van der Waals surface area contributed by atoms with E-state index in [9.17, 15) is 13.2 Å². The number of hydrogen-bond donors (Lipinski definition) is 1. The van der Waals surface area contributed by atoms with Gasteiger partial charge in [-0.1, -0.05) is 20.1 Å². The largest absolute Gasteiger partial charge is 0.434 e. The zero-order chi connectivity index (χ0) is 26.7. The summed E-state index contributed by atoms with van der Waals surface area (Å²) < 4.78 is 63.5. The van der Waals surface area contributed by atoms with Crippen LogP contribution in [0.3, 0.4) is 0 Å². The van der Waals surface area contributed by atoms with Crippen molar-refractivity contribution in [3.63, 3.8) is 0 Å². The second-order valence-electron chi connectivity index (χ2n) is 9.18. The van der Waals surface area contributed by atoms with E-state index < -0.39 is 38.3 Å². The van der Waals surface area contributed by atoms with E-state index in [0.29, 0.717) is 39.8 Å². The monoisotopic (exact) mass is 540 g/mol. The van der Waals surface area contributed by atoms with Crippen LogP contribution in [0.1, 0.15) is 35.5 Å². The molecule has 0 saturated heterocycles. The quantitative estimate of drug-likeness (QED) is 0.168. The molecule has 0 fully saturated rings. The Balaban J connectivity index is 1.57. The first kappa shape index (κ1) is 24.5. The minimum Gasteiger partial charge on any atom is -0.434 e. The Hall–Kier alpha value is -3.85. The van der Waals surface area contributed by atoms with Gasteiger partial charge in [0.25, 0.3) is 0 Å². The number of hydrogen-bond acceptors (Lipinski definition) is 5. The SMILES string of the molecule is CP(C)c1ncc(-c2cc3c(cc2F)nc2n3C3CC2N=C(N=CN)c2cccc(OC(F)F)c23)cc1F. The third kappa shape index (κ3) is 3.84. The molecule has 2 N–H and O–H groups in total. The fourth-order valence-electron chi connectivity index (χ4n) is 5.28. The fraction of sp³-hybridized carbons (Fsp3) is 0.231. The number of pyridine rings is 1. The molecule has 38 heavy (non-hydrogen) atoms. The lowest BCUT2D eigenvalue weighted by Crippen LogP contribution is -2.15. The highest BCUT2D eigenvalue weighted by molar-refractivity contribution is 7.63. The molecule has 2 aromatic heterocycles. The van der Waals surface area contributed by atoms with Gasteiger partial charge in [0.15, 0.2) is 5.84 Å². The van der Waals surface area contributed by atoms with Gasteiger partial charge in [0, 0.05) is 40.9 Å². The maximum absolute atomic E-state index is 15.3. The average molecular weight is 540 g/mol. The van der Waals surface area contributed by atoms with E-state index in [0.717, 1.165) is 6.34 Å². The van der Waals surface area contributed by atoms with Gasteiger partial charge in [0.1, 0.15) is 29.3 Å². The maximum atomic E-state index is 15.3. The molecule has 4 aromatic rings. The van der Waals surface area contributed by atoms with Gasteiger partial charge in [0.2, 0.25) is 0 Å². The Labute approximate surface area is 215 Å². The van der Waals surface area contributed by atoms with Crippen LogP contribution >= 0.6 is 7.92 Å². The molecule has 2 aromatic carbocycles. The number of imidazole rings is 1. The highest BCUT2D eigenvalue weighted by atomic mass is 31.1. The van der Waals surface area contributed by atoms with Crippen molar-refractivity contribution in [2.75, 3.05) is 13.3 Å². The van der Waals surface area contributed by atoms with Crippen LogP contribution in [0.15, 0.2) is 52.6 Å². The van der Waals surface area contributed by atoms with Crippen molar-refractivity contribution in [3.8, 4) is 16.9 Å². The molecular weight excluding hydrogens is 519 g/mol. The molecule has 194 valence electrons. The minimum atomic E-state index is -3.04. The van der Waals surface area contributed by atoms with Crippen LogP contribution in [-0.2, 0) is 0 Å². The number of benzene rings is 2. The van der Waals surface area contributed by atoms with Gasteiger partial charge in [-0.05, 0) is 31.5 Å². The van der Waals surface area contributed by atoms with Crippen LogP contribution in [0.25, 0.3) is 22.2 Å². The Morgan fingerprint density at radius 2 is 1.97 bits per heavy atom. The van der Waals surface area contributed by atoms with Gasteiger partial charge in [-0.2, -0.15) is 8.78 Å². The van der Waals surface area contributed by atoms with Gasteiger partial charge in [0.05, 0.1) is 28.8 Å². The van der Waals surface area contributed by atoms with Crippen molar-refractivity contribution < 1.29 is 22.3 Å². The second-order valence-corrected chi connectivity index (χ2v) is 11.4. The Morgan fingerprint density at radius 3 is 2.68 bits per heavy atom. The third-order valence-electron chi connectivity index (χ3n) is 6.75. The lowest BCUT2D eigenvalue weighted by molar-refractivity contribution is -0.0506. The predicted octanol–water partition coefficient (Wildman–Crippen LogP) is 5.13. The fourth-order valence-corrected chi connectivity index (χ4v) is 6.06. The number of ether oxygens (including phenoxy) is 1. The summed E-state index contributed by atoms with van der Waals surface area (Å²) in [6.07, 6.45) is 2.96. The first-order valence-corrected chi connectivity index (χ1v) is 13.9. The lowest BCUT2D eigenvalue weighted by Gasteiger charge is -2.21. The van der Waals surface area contributed by atoms with Crippen LogP contribution < -0.4 is 15.9 Å². The third-order valence-corrected chi connectivity index (χ3v) is 7.93. The molecule has 0 aliphatic carbocycles. The smallest absolute Gasteiger partial charge is 0.387 e.